The molecule has 20 heavy (non-hydrogen) atoms. The number of Topliss-reactive ketones (excluding diaryl/α,β-unsaturated/α-hetero) is 1. The molecule has 3 nitrogen and oxygen atoms in total. The van der Waals surface area contributed by atoms with Crippen molar-refractivity contribution < 1.29 is 9.59 Å². The van der Waals surface area contributed by atoms with Crippen LogP contribution in [0.15, 0.2) is 24.3 Å². The third kappa shape index (κ3) is 3.40. The van der Waals surface area contributed by atoms with E-state index < -0.39 is 0 Å². The molecule has 4 heteroatoms. The number of nitrogens with zero attached hydrogens (tertiary/aromatic N) is 1. The number of amides is 1. The number of ketones is 1. The summed E-state index contributed by atoms with van der Waals surface area (Å²) >= 11 is 5.84. The van der Waals surface area contributed by atoms with Crippen LogP contribution in [0.25, 0.3) is 0 Å². The molecular weight excluding hydrogens is 274 g/mol. The smallest absolute Gasteiger partial charge is 0.225 e. The molecule has 2 rings (SSSR count). The fourth-order valence-electron chi connectivity index (χ4n) is 2.61. The van der Waals surface area contributed by atoms with Crippen LogP contribution in [0.2, 0.25) is 5.02 Å². The summed E-state index contributed by atoms with van der Waals surface area (Å²) in [5, 5.41) is 0.627. The number of hydrogen-bond acceptors (Lipinski definition) is 2. The zero-order valence-corrected chi connectivity index (χ0v) is 12.7. The molecule has 1 unspecified atom stereocenters. The van der Waals surface area contributed by atoms with Crippen LogP contribution >= 0.6 is 11.6 Å². The van der Waals surface area contributed by atoms with E-state index in [1.54, 1.807) is 24.3 Å². The minimum atomic E-state index is -0.0902. The molecule has 1 fully saturated rings. The summed E-state index contributed by atoms with van der Waals surface area (Å²) in [6.07, 6.45) is 1.74. The summed E-state index contributed by atoms with van der Waals surface area (Å²) in [7, 11) is 0. The molecule has 0 spiro atoms. The summed E-state index contributed by atoms with van der Waals surface area (Å²) in [6, 6.07) is 6.98. The summed E-state index contributed by atoms with van der Waals surface area (Å²) in [5.74, 6) is 0.147. The standard InChI is InChI=1S/C16H20ClNO2/c1-11(2)16(20)18-9-3-4-13(10-18)15(19)12-5-7-14(17)8-6-12/h5-8,11,13H,3-4,9-10H2,1-2H3. The van der Waals surface area contributed by atoms with Gasteiger partial charge in [0.1, 0.15) is 0 Å². The lowest BCUT2D eigenvalue weighted by molar-refractivity contribution is -0.135. The van der Waals surface area contributed by atoms with Gasteiger partial charge in [-0.15, -0.1) is 0 Å². The van der Waals surface area contributed by atoms with Gasteiger partial charge in [0.05, 0.1) is 0 Å². The van der Waals surface area contributed by atoms with Crippen molar-refractivity contribution in [3.8, 4) is 0 Å². The van der Waals surface area contributed by atoms with E-state index in [4.69, 9.17) is 11.6 Å². The maximum atomic E-state index is 12.5. The summed E-state index contributed by atoms with van der Waals surface area (Å²) in [4.78, 5) is 26.3. The topological polar surface area (TPSA) is 37.4 Å². The third-order valence-corrected chi connectivity index (χ3v) is 3.98. The summed E-state index contributed by atoms with van der Waals surface area (Å²) in [5.41, 5.74) is 0.679. The molecule has 0 N–H and O–H groups in total. The number of carbonyl (C=O) groups is 2. The average Bonchev–Trinajstić information content (AvgIpc) is 2.46. The number of benzene rings is 1. The monoisotopic (exact) mass is 293 g/mol. The maximum Gasteiger partial charge on any atom is 0.225 e. The van der Waals surface area contributed by atoms with Crippen LogP contribution in [0, 0.1) is 11.8 Å². The van der Waals surface area contributed by atoms with Crippen molar-refractivity contribution in [1.82, 2.24) is 4.90 Å². The third-order valence-electron chi connectivity index (χ3n) is 3.73. The van der Waals surface area contributed by atoms with Gasteiger partial charge in [-0.2, -0.15) is 0 Å². The highest BCUT2D eigenvalue weighted by atomic mass is 35.5. The van der Waals surface area contributed by atoms with E-state index in [1.807, 2.05) is 18.7 Å². The molecule has 108 valence electrons. The molecule has 1 heterocycles. The van der Waals surface area contributed by atoms with Crippen LogP contribution in [0.3, 0.4) is 0 Å². The Kier molecular flexibility index (Phi) is 4.81. The van der Waals surface area contributed by atoms with Gasteiger partial charge in [0.2, 0.25) is 5.91 Å². The van der Waals surface area contributed by atoms with Crippen molar-refractivity contribution >= 4 is 23.3 Å². The fraction of sp³-hybridized carbons (Fsp3) is 0.500. The molecule has 0 radical (unpaired) electrons. The van der Waals surface area contributed by atoms with Crippen molar-refractivity contribution in [2.24, 2.45) is 11.8 Å². The van der Waals surface area contributed by atoms with E-state index in [9.17, 15) is 9.59 Å². The van der Waals surface area contributed by atoms with Gasteiger partial charge < -0.3 is 4.90 Å². The van der Waals surface area contributed by atoms with Gasteiger partial charge in [-0.25, -0.2) is 0 Å². The van der Waals surface area contributed by atoms with E-state index in [0.29, 0.717) is 17.1 Å². The predicted octanol–water partition coefficient (Wildman–Crippen LogP) is 3.42. The molecular formula is C16H20ClNO2. The lowest BCUT2D eigenvalue weighted by Crippen LogP contribution is -2.44. The Hall–Kier alpha value is -1.35. The van der Waals surface area contributed by atoms with E-state index in [2.05, 4.69) is 0 Å². The van der Waals surface area contributed by atoms with Crippen LogP contribution in [0.5, 0.6) is 0 Å². The van der Waals surface area contributed by atoms with Gasteiger partial charge in [-0.3, -0.25) is 9.59 Å². The van der Waals surface area contributed by atoms with Crippen molar-refractivity contribution in [2.75, 3.05) is 13.1 Å². The number of likely N-dealkylation sites (tertiary alicyclic amines) is 1. The Morgan fingerprint density at radius 3 is 2.50 bits per heavy atom. The first-order valence-electron chi connectivity index (χ1n) is 7.07. The Labute approximate surface area is 124 Å². The molecule has 1 aromatic rings. The molecule has 0 aliphatic carbocycles. The quantitative estimate of drug-likeness (QED) is 0.801. The molecule has 1 aliphatic heterocycles. The molecule has 1 saturated heterocycles. The van der Waals surface area contributed by atoms with E-state index in [-0.39, 0.29) is 23.5 Å². The van der Waals surface area contributed by atoms with Gasteiger partial charge in [-0.05, 0) is 37.1 Å². The van der Waals surface area contributed by atoms with Crippen molar-refractivity contribution in [1.29, 1.82) is 0 Å². The molecule has 1 aromatic carbocycles. The van der Waals surface area contributed by atoms with Crippen LogP contribution in [-0.4, -0.2) is 29.7 Å². The Morgan fingerprint density at radius 2 is 1.90 bits per heavy atom. The second-order valence-corrected chi connectivity index (χ2v) is 6.09. The number of rotatable bonds is 3. The lowest BCUT2D eigenvalue weighted by Gasteiger charge is -2.33. The van der Waals surface area contributed by atoms with E-state index in [1.165, 1.54) is 0 Å². The highest BCUT2D eigenvalue weighted by molar-refractivity contribution is 6.30. The summed E-state index contributed by atoms with van der Waals surface area (Å²) < 4.78 is 0. The van der Waals surface area contributed by atoms with Crippen molar-refractivity contribution in [3.63, 3.8) is 0 Å². The van der Waals surface area contributed by atoms with Crippen LogP contribution in [0.1, 0.15) is 37.0 Å². The van der Waals surface area contributed by atoms with Gasteiger partial charge in [0.15, 0.2) is 5.78 Å². The SMILES string of the molecule is CC(C)C(=O)N1CCCC(C(=O)c2ccc(Cl)cc2)C1. The number of carbonyl (C=O) groups excluding carboxylic acids is 2. The zero-order chi connectivity index (χ0) is 14.7. The number of hydrogen-bond donors (Lipinski definition) is 0. The zero-order valence-electron chi connectivity index (χ0n) is 11.9. The van der Waals surface area contributed by atoms with Gasteiger partial charge in [-0.1, -0.05) is 25.4 Å². The van der Waals surface area contributed by atoms with Crippen LogP contribution in [-0.2, 0) is 4.79 Å². The number of halogens is 1. The molecule has 1 amide bonds. The molecule has 1 atom stereocenters. The highest BCUT2D eigenvalue weighted by Crippen LogP contribution is 2.23. The second kappa shape index (κ2) is 6.40. The summed E-state index contributed by atoms with van der Waals surface area (Å²) in [6.45, 7) is 5.10. The van der Waals surface area contributed by atoms with Gasteiger partial charge in [0, 0.05) is 35.5 Å². The minimum Gasteiger partial charge on any atom is -0.342 e. The fourth-order valence-corrected chi connectivity index (χ4v) is 2.73. The van der Waals surface area contributed by atoms with Crippen LogP contribution < -0.4 is 0 Å². The maximum absolute atomic E-state index is 12.5. The molecule has 1 aliphatic rings. The van der Waals surface area contributed by atoms with Crippen molar-refractivity contribution in [3.05, 3.63) is 34.9 Å². The Balaban J connectivity index is 2.07. The lowest BCUT2D eigenvalue weighted by atomic mass is 9.89. The minimum absolute atomic E-state index is 0.0145. The predicted molar refractivity (Wildman–Crippen MR) is 79.9 cm³/mol. The van der Waals surface area contributed by atoms with E-state index in [0.717, 1.165) is 19.4 Å². The Morgan fingerprint density at radius 1 is 1.25 bits per heavy atom. The first-order chi connectivity index (χ1) is 9.49. The van der Waals surface area contributed by atoms with Crippen LogP contribution in [0.4, 0.5) is 0 Å². The molecule has 0 aromatic heterocycles. The molecule has 0 bridgehead atoms. The first kappa shape index (κ1) is 15.0. The second-order valence-electron chi connectivity index (χ2n) is 5.65. The normalized spacial score (nSPS) is 19.2. The van der Waals surface area contributed by atoms with Gasteiger partial charge >= 0.3 is 0 Å². The highest BCUT2D eigenvalue weighted by Gasteiger charge is 2.29. The average molecular weight is 294 g/mol. The largest absolute Gasteiger partial charge is 0.342 e. The molecule has 0 saturated carbocycles. The number of piperidine rings is 1. The van der Waals surface area contributed by atoms with Crippen molar-refractivity contribution in [2.45, 2.75) is 26.7 Å². The van der Waals surface area contributed by atoms with Gasteiger partial charge in [0.25, 0.3) is 0 Å². The Bertz CT molecular complexity index is 496. The first-order valence-corrected chi connectivity index (χ1v) is 7.45. The van der Waals surface area contributed by atoms with E-state index >= 15 is 0 Å².